The molecule has 0 aromatic rings. The number of amides is 1. The monoisotopic (exact) mass is 201 g/mol. The first-order valence-corrected chi connectivity index (χ1v) is 5.67. The normalized spacial score (nSPS) is 20.2. The molecule has 0 saturated heterocycles. The fourth-order valence-electron chi connectivity index (χ4n) is 1.85. The lowest BCUT2D eigenvalue weighted by Gasteiger charge is -2.10. The van der Waals surface area contributed by atoms with Crippen LogP contribution in [0.25, 0.3) is 0 Å². The summed E-state index contributed by atoms with van der Waals surface area (Å²) in [4.78, 5) is 11.1. The Kier molecular flexibility index (Phi) is 4.64. The third-order valence-corrected chi connectivity index (χ3v) is 2.94. The topological polar surface area (TPSA) is 29.1 Å². The number of hydrogen-bond acceptors (Lipinski definition) is 2. The maximum Gasteiger partial charge on any atom is 0.232 e. The summed E-state index contributed by atoms with van der Waals surface area (Å²) < 4.78 is 0. The minimum absolute atomic E-state index is 0.0568. The van der Waals surface area contributed by atoms with Crippen molar-refractivity contribution in [2.45, 2.75) is 44.3 Å². The second-order valence-corrected chi connectivity index (χ2v) is 4.68. The molecule has 1 amide bonds. The van der Waals surface area contributed by atoms with Crippen LogP contribution < -0.4 is 5.32 Å². The molecule has 1 rings (SSSR count). The average molecular weight is 201 g/mol. The van der Waals surface area contributed by atoms with E-state index in [9.17, 15) is 4.79 Å². The molecule has 1 aliphatic rings. The van der Waals surface area contributed by atoms with E-state index in [4.69, 9.17) is 0 Å². The van der Waals surface area contributed by atoms with Gasteiger partial charge in [0.2, 0.25) is 5.91 Å². The van der Waals surface area contributed by atoms with Crippen molar-refractivity contribution in [2.75, 3.05) is 6.54 Å². The summed E-state index contributed by atoms with van der Waals surface area (Å²) >= 11 is 4.06. The van der Waals surface area contributed by atoms with Gasteiger partial charge in [-0.2, -0.15) is 12.6 Å². The summed E-state index contributed by atoms with van der Waals surface area (Å²) in [7, 11) is 0. The van der Waals surface area contributed by atoms with Crippen molar-refractivity contribution < 1.29 is 4.79 Å². The Morgan fingerprint density at radius 3 is 2.69 bits per heavy atom. The van der Waals surface area contributed by atoms with Crippen LogP contribution in [-0.2, 0) is 4.79 Å². The van der Waals surface area contributed by atoms with E-state index < -0.39 is 0 Å². The van der Waals surface area contributed by atoms with Gasteiger partial charge >= 0.3 is 0 Å². The van der Waals surface area contributed by atoms with Crippen molar-refractivity contribution in [1.82, 2.24) is 5.32 Å². The van der Waals surface area contributed by atoms with Crippen LogP contribution in [0.2, 0.25) is 0 Å². The first-order valence-electron chi connectivity index (χ1n) is 5.16. The molecule has 0 radical (unpaired) electrons. The number of thiol groups is 1. The van der Waals surface area contributed by atoms with Crippen LogP contribution in [0.3, 0.4) is 0 Å². The molecule has 0 aliphatic heterocycles. The predicted molar refractivity (Wildman–Crippen MR) is 58.0 cm³/mol. The van der Waals surface area contributed by atoms with Crippen LogP contribution in [0.15, 0.2) is 0 Å². The lowest BCUT2D eigenvalue weighted by molar-refractivity contribution is -0.120. The fraction of sp³-hybridized carbons (Fsp3) is 0.900. The third-order valence-electron chi connectivity index (χ3n) is 2.71. The minimum Gasteiger partial charge on any atom is -0.355 e. The molecular formula is C10H19NOS. The highest BCUT2D eigenvalue weighted by molar-refractivity contribution is 7.81. The molecule has 3 heteroatoms. The van der Waals surface area contributed by atoms with Crippen molar-refractivity contribution in [3.05, 3.63) is 0 Å². The maximum atomic E-state index is 11.1. The van der Waals surface area contributed by atoms with E-state index in [0.717, 1.165) is 18.9 Å². The molecule has 1 N–H and O–H groups in total. The molecule has 0 spiro atoms. The maximum absolute atomic E-state index is 11.1. The number of carbonyl (C=O) groups excluding carboxylic acids is 1. The molecule has 0 heterocycles. The zero-order valence-corrected chi connectivity index (χ0v) is 9.15. The van der Waals surface area contributed by atoms with E-state index in [-0.39, 0.29) is 11.2 Å². The summed E-state index contributed by atoms with van der Waals surface area (Å²) in [6.07, 6.45) is 6.61. The van der Waals surface area contributed by atoms with Gasteiger partial charge < -0.3 is 5.32 Å². The van der Waals surface area contributed by atoms with Crippen molar-refractivity contribution in [3.8, 4) is 0 Å². The standard InChI is InChI=1S/C10H19NOS/c1-8(13)10(12)11-7-6-9-4-2-3-5-9/h8-9,13H,2-7H2,1H3,(H,11,12). The van der Waals surface area contributed by atoms with Gasteiger partial charge in [-0.3, -0.25) is 4.79 Å². The summed E-state index contributed by atoms with van der Waals surface area (Å²) in [5, 5.41) is 2.72. The van der Waals surface area contributed by atoms with Gasteiger partial charge in [-0.25, -0.2) is 0 Å². The Hall–Kier alpha value is -0.180. The van der Waals surface area contributed by atoms with Crippen LogP contribution in [0.4, 0.5) is 0 Å². The van der Waals surface area contributed by atoms with Crippen LogP contribution in [0.1, 0.15) is 39.0 Å². The van der Waals surface area contributed by atoms with Crippen LogP contribution in [-0.4, -0.2) is 17.7 Å². The van der Waals surface area contributed by atoms with Gasteiger partial charge in [-0.15, -0.1) is 0 Å². The number of carbonyl (C=O) groups is 1. The summed E-state index contributed by atoms with van der Waals surface area (Å²) in [5.41, 5.74) is 0. The van der Waals surface area contributed by atoms with Gasteiger partial charge in [-0.1, -0.05) is 25.7 Å². The van der Waals surface area contributed by atoms with E-state index >= 15 is 0 Å². The smallest absolute Gasteiger partial charge is 0.232 e. The van der Waals surface area contributed by atoms with Gasteiger partial charge in [-0.05, 0) is 19.3 Å². The second kappa shape index (κ2) is 5.53. The summed E-state index contributed by atoms with van der Waals surface area (Å²) in [5.74, 6) is 0.914. The van der Waals surface area contributed by atoms with Gasteiger partial charge in [0.15, 0.2) is 0 Å². The Morgan fingerprint density at radius 1 is 1.54 bits per heavy atom. The van der Waals surface area contributed by atoms with E-state index in [1.165, 1.54) is 25.7 Å². The van der Waals surface area contributed by atoms with Gasteiger partial charge in [0, 0.05) is 6.54 Å². The number of rotatable bonds is 4. The SMILES string of the molecule is CC(S)C(=O)NCCC1CCCC1. The van der Waals surface area contributed by atoms with Gasteiger partial charge in [0.25, 0.3) is 0 Å². The first-order chi connectivity index (χ1) is 6.20. The molecule has 13 heavy (non-hydrogen) atoms. The van der Waals surface area contributed by atoms with Crippen molar-refractivity contribution in [3.63, 3.8) is 0 Å². The van der Waals surface area contributed by atoms with E-state index in [0.29, 0.717) is 0 Å². The third kappa shape index (κ3) is 4.03. The van der Waals surface area contributed by atoms with Crippen LogP contribution in [0.5, 0.6) is 0 Å². The fourth-order valence-corrected chi connectivity index (χ4v) is 1.94. The molecule has 0 bridgehead atoms. The highest BCUT2D eigenvalue weighted by Crippen LogP contribution is 2.26. The lowest BCUT2D eigenvalue weighted by atomic mass is 10.0. The van der Waals surface area contributed by atoms with E-state index in [1.807, 2.05) is 0 Å². The zero-order chi connectivity index (χ0) is 9.68. The van der Waals surface area contributed by atoms with E-state index in [2.05, 4.69) is 17.9 Å². The Morgan fingerprint density at radius 2 is 2.15 bits per heavy atom. The highest BCUT2D eigenvalue weighted by atomic mass is 32.1. The first kappa shape index (κ1) is 10.9. The van der Waals surface area contributed by atoms with Gasteiger partial charge in [0.05, 0.1) is 5.25 Å². The molecule has 1 fully saturated rings. The van der Waals surface area contributed by atoms with Crippen molar-refractivity contribution in [1.29, 1.82) is 0 Å². The quantitative estimate of drug-likeness (QED) is 0.669. The Bertz CT molecular complexity index is 164. The summed E-state index contributed by atoms with van der Waals surface area (Å²) in [6, 6.07) is 0. The van der Waals surface area contributed by atoms with Crippen molar-refractivity contribution in [2.24, 2.45) is 5.92 Å². The molecule has 1 unspecified atom stereocenters. The zero-order valence-electron chi connectivity index (χ0n) is 8.25. The molecular weight excluding hydrogens is 182 g/mol. The number of nitrogens with one attached hydrogen (secondary N) is 1. The summed E-state index contributed by atoms with van der Waals surface area (Å²) in [6.45, 7) is 2.63. The van der Waals surface area contributed by atoms with E-state index in [1.54, 1.807) is 6.92 Å². The van der Waals surface area contributed by atoms with Gasteiger partial charge in [0.1, 0.15) is 0 Å². The molecule has 0 aromatic carbocycles. The lowest BCUT2D eigenvalue weighted by Crippen LogP contribution is -2.31. The minimum atomic E-state index is -0.177. The van der Waals surface area contributed by atoms with Crippen LogP contribution >= 0.6 is 12.6 Å². The molecule has 1 atom stereocenters. The highest BCUT2D eigenvalue weighted by Gasteiger charge is 2.15. The number of hydrogen-bond donors (Lipinski definition) is 2. The Labute approximate surface area is 85.9 Å². The largest absolute Gasteiger partial charge is 0.355 e. The second-order valence-electron chi connectivity index (χ2n) is 3.91. The molecule has 1 saturated carbocycles. The molecule has 76 valence electrons. The molecule has 1 aliphatic carbocycles. The molecule has 0 aromatic heterocycles. The van der Waals surface area contributed by atoms with Crippen LogP contribution in [0, 0.1) is 5.92 Å². The molecule has 2 nitrogen and oxygen atoms in total. The predicted octanol–water partition coefficient (Wildman–Crippen LogP) is 2.00. The Balaban J connectivity index is 2.03. The average Bonchev–Trinajstić information content (AvgIpc) is 2.56. The van der Waals surface area contributed by atoms with Crippen molar-refractivity contribution >= 4 is 18.5 Å².